The minimum atomic E-state index is -4.48. The van der Waals surface area contributed by atoms with Crippen LogP contribution in [0.25, 0.3) is 0 Å². The Morgan fingerprint density at radius 1 is 1.18 bits per heavy atom. The second-order valence-corrected chi connectivity index (χ2v) is 6.06. The summed E-state index contributed by atoms with van der Waals surface area (Å²) in [4.78, 5) is 0. The van der Waals surface area contributed by atoms with Crippen molar-refractivity contribution in [2.45, 2.75) is 50.4 Å². The van der Waals surface area contributed by atoms with E-state index in [0.29, 0.717) is 5.56 Å². The number of halogens is 5. The van der Waals surface area contributed by atoms with Crippen LogP contribution in [0.4, 0.5) is 13.2 Å². The maximum atomic E-state index is 12.7. The topological polar surface area (TPSA) is 46.2 Å². The summed E-state index contributed by atoms with van der Waals surface area (Å²) in [6.07, 6.45) is -0.151. The van der Waals surface area contributed by atoms with Gasteiger partial charge in [-0.15, -0.1) is 12.4 Å². The molecule has 0 aromatic heterocycles. The molecule has 1 aromatic rings. The van der Waals surface area contributed by atoms with Crippen LogP contribution in [0.5, 0.6) is 0 Å². The van der Waals surface area contributed by atoms with Crippen LogP contribution in [0.3, 0.4) is 0 Å². The molecule has 0 amide bonds. The minimum absolute atomic E-state index is 0. The summed E-state index contributed by atoms with van der Waals surface area (Å²) in [5.74, 6) is 0.106. The van der Waals surface area contributed by atoms with Crippen LogP contribution in [0, 0.1) is 5.92 Å². The van der Waals surface area contributed by atoms with Crippen molar-refractivity contribution in [3.8, 4) is 0 Å². The number of benzene rings is 1. The molecule has 1 aromatic carbocycles. The van der Waals surface area contributed by atoms with Gasteiger partial charge in [0.15, 0.2) is 0 Å². The molecule has 2 nitrogen and oxygen atoms in total. The molecular formula is C15H20Cl2F3NO. The lowest BCUT2D eigenvalue weighted by molar-refractivity contribution is -0.137. The Bertz CT molecular complexity index is 490. The van der Waals surface area contributed by atoms with E-state index in [2.05, 4.69) is 0 Å². The summed E-state index contributed by atoms with van der Waals surface area (Å²) in [7, 11) is 0. The maximum absolute atomic E-state index is 12.7. The van der Waals surface area contributed by atoms with E-state index in [1.54, 1.807) is 0 Å². The van der Waals surface area contributed by atoms with Gasteiger partial charge in [-0.3, -0.25) is 0 Å². The largest absolute Gasteiger partial charge is 0.417 e. The zero-order valence-corrected chi connectivity index (χ0v) is 13.5. The van der Waals surface area contributed by atoms with Crippen molar-refractivity contribution >= 4 is 24.0 Å². The monoisotopic (exact) mass is 357 g/mol. The maximum Gasteiger partial charge on any atom is 0.417 e. The Morgan fingerprint density at radius 3 is 2.27 bits per heavy atom. The molecule has 0 saturated heterocycles. The quantitative estimate of drug-likeness (QED) is 0.821. The molecule has 126 valence electrons. The van der Waals surface area contributed by atoms with Crippen molar-refractivity contribution in [2.75, 3.05) is 0 Å². The Hall–Kier alpha value is -0.490. The summed E-state index contributed by atoms with van der Waals surface area (Å²) in [5, 5.41) is 9.94. The standard InChI is InChI=1S/C15H19ClF3NO.ClH/c16-12-8-10(6-7-11(12)15(17,18)19)13(20)14(21)9-4-2-1-3-5-9;/h6-9,13-14,21H,1-5,20H2;1H/t13-,14+;/m0./s1. The fourth-order valence-electron chi connectivity index (χ4n) is 2.93. The van der Waals surface area contributed by atoms with E-state index in [9.17, 15) is 18.3 Å². The fraction of sp³-hybridized carbons (Fsp3) is 0.600. The summed E-state index contributed by atoms with van der Waals surface area (Å²) in [5.41, 5.74) is 5.56. The van der Waals surface area contributed by atoms with E-state index in [4.69, 9.17) is 17.3 Å². The SMILES string of the molecule is Cl.N[C@@H](c1ccc(C(F)(F)F)c(Cl)c1)[C@H](O)C1CCCCC1. The van der Waals surface area contributed by atoms with E-state index < -0.39 is 23.9 Å². The van der Waals surface area contributed by atoms with Gasteiger partial charge in [0.2, 0.25) is 0 Å². The number of alkyl halides is 3. The second kappa shape index (κ2) is 7.86. The van der Waals surface area contributed by atoms with Crippen LogP contribution < -0.4 is 5.73 Å². The molecule has 22 heavy (non-hydrogen) atoms. The van der Waals surface area contributed by atoms with E-state index >= 15 is 0 Å². The van der Waals surface area contributed by atoms with Gasteiger partial charge in [-0.2, -0.15) is 13.2 Å². The first kappa shape index (κ1) is 19.6. The molecule has 1 aliphatic carbocycles. The summed E-state index contributed by atoms with van der Waals surface area (Å²) < 4.78 is 38.0. The first-order chi connectivity index (χ1) is 9.80. The lowest BCUT2D eigenvalue weighted by Gasteiger charge is -2.30. The molecule has 1 aliphatic rings. The molecular weight excluding hydrogens is 338 g/mol. The first-order valence-electron chi connectivity index (χ1n) is 7.11. The number of aliphatic hydroxyl groups is 1. The number of nitrogens with two attached hydrogens (primary N) is 1. The van der Waals surface area contributed by atoms with Gasteiger partial charge < -0.3 is 10.8 Å². The zero-order chi connectivity index (χ0) is 15.6. The van der Waals surface area contributed by atoms with Crippen molar-refractivity contribution < 1.29 is 18.3 Å². The van der Waals surface area contributed by atoms with Crippen molar-refractivity contribution in [2.24, 2.45) is 11.7 Å². The highest BCUT2D eigenvalue weighted by Crippen LogP contribution is 2.37. The van der Waals surface area contributed by atoms with Crippen molar-refractivity contribution in [3.05, 3.63) is 34.3 Å². The highest BCUT2D eigenvalue weighted by molar-refractivity contribution is 6.31. The minimum Gasteiger partial charge on any atom is -0.391 e. The molecule has 0 spiro atoms. The average molecular weight is 358 g/mol. The highest BCUT2D eigenvalue weighted by Gasteiger charge is 2.34. The van der Waals surface area contributed by atoms with Crippen LogP contribution >= 0.6 is 24.0 Å². The molecule has 2 rings (SSSR count). The van der Waals surface area contributed by atoms with E-state index in [1.807, 2.05) is 0 Å². The van der Waals surface area contributed by atoms with Crippen molar-refractivity contribution in [1.29, 1.82) is 0 Å². The third-order valence-electron chi connectivity index (χ3n) is 4.18. The van der Waals surface area contributed by atoms with Gasteiger partial charge >= 0.3 is 6.18 Å². The smallest absolute Gasteiger partial charge is 0.391 e. The third kappa shape index (κ3) is 4.51. The molecule has 1 fully saturated rings. The molecule has 3 N–H and O–H groups in total. The second-order valence-electron chi connectivity index (χ2n) is 5.65. The van der Waals surface area contributed by atoms with Gasteiger partial charge in [-0.05, 0) is 36.5 Å². The van der Waals surface area contributed by atoms with Crippen LogP contribution in [-0.4, -0.2) is 11.2 Å². The van der Waals surface area contributed by atoms with Gasteiger partial charge in [0.25, 0.3) is 0 Å². The molecule has 0 bridgehead atoms. The lowest BCUT2D eigenvalue weighted by Crippen LogP contribution is -2.34. The summed E-state index contributed by atoms with van der Waals surface area (Å²) in [6.45, 7) is 0. The van der Waals surface area contributed by atoms with E-state index in [1.165, 1.54) is 12.1 Å². The van der Waals surface area contributed by atoms with Gasteiger partial charge in [0.1, 0.15) is 0 Å². The third-order valence-corrected chi connectivity index (χ3v) is 4.50. The van der Waals surface area contributed by atoms with Gasteiger partial charge in [0.05, 0.1) is 22.7 Å². The molecule has 0 radical (unpaired) electrons. The first-order valence-corrected chi connectivity index (χ1v) is 7.49. The predicted molar refractivity (Wildman–Crippen MR) is 83.2 cm³/mol. The molecule has 1 saturated carbocycles. The Balaban J connectivity index is 0.00000242. The van der Waals surface area contributed by atoms with E-state index in [-0.39, 0.29) is 23.3 Å². The van der Waals surface area contributed by atoms with Gasteiger partial charge in [-0.1, -0.05) is 36.9 Å². The summed E-state index contributed by atoms with van der Waals surface area (Å²) in [6, 6.07) is 2.71. The molecule has 7 heteroatoms. The normalized spacial score (nSPS) is 19.4. The van der Waals surface area contributed by atoms with Crippen molar-refractivity contribution in [3.63, 3.8) is 0 Å². The molecule has 2 atom stereocenters. The van der Waals surface area contributed by atoms with Crippen LogP contribution in [0.2, 0.25) is 5.02 Å². The fourth-order valence-corrected chi connectivity index (χ4v) is 3.23. The van der Waals surface area contributed by atoms with Gasteiger partial charge in [0, 0.05) is 0 Å². The van der Waals surface area contributed by atoms with Crippen LogP contribution in [0.1, 0.15) is 49.3 Å². The van der Waals surface area contributed by atoms with Crippen LogP contribution in [-0.2, 0) is 6.18 Å². The number of rotatable bonds is 3. The zero-order valence-electron chi connectivity index (χ0n) is 11.9. The molecule has 0 heterocycles. The Labute approximate surface area is 139 Å². The van der Waals surface area contributed by atoms with Crippen molar-refractivity contribution in [1.82, 2.24) is 0 Å². The number of hydrogen-bond acceptors (Lipinski definition) is 2. The number of aliphatic hydroxyl groups excluding tert-OH is 1. The average Bonchev–Trinajstić information content (AvgIpc) is 2.45. The number of hydrogen-bond donors (Lipinski definition) is 2. The summed E-state index contributed by atoms with van der Waals surface area (Å²) >= 11 is 5.69. The van der Waals surface area contributed by atoms with E-state index in [0.717, 1.165) is 38.2 Å². The highest BCUT2D eigenvalue weighted by atomic mass is 35.5. The predicted octanol–water partition coefficient (Wildman–Crippen LogP) is 4.72. The Morgan fingerprint density at radius 2 is 1.77 bits per heavy atom. The lowest BCUT2D eigenvalue weighted by atomic mass is 9.81. The molecule has 0 unspecified atom stereocenters. The van der Waals surface area contributed by atoms with Crippen LogP contribution in [0.15, 0.2) is 18.2 Å². The Kier molecular flexibility index (Phi) is 6.99. The van der Waals surface area contributed by atoms with Gasteiger partial charge in [-0.25, -0.2) is 0 Å². The molecule has 0 aliphatic heterocycles.